The summed E-state index contributed by atoms with van der Waals surface area (Å²) in [5, 5.41) is 15.7. The van der Waals surface area contributed by atoms with E-state index in [0.29, 0.717) is 29.8 Å². The molecule has 6 nitrogen and oxygen atoms in total. The maximum Gasteiger partial charge on any atom is 0.416 e. The Kier molecular flexibility index (Phi) is 6.48. The van der Waals surface area contributed by atoms with Crippen LogP contribution in [-0.4, -0.2) is 22.6 Å². The van der Waals surface area contributed by atoms with E-state index in [9.17, 15) is 18.4 Å². The number of anilines is 2. The maximum absolute atomic E-state index is 13.2. The van der Waals surface area contributed by atoms with Gasteiger partial charge >= 0.3 is 6.18 Å². The number of nitriles is 1. The largest absolute Gasteiger partial charge is 0.416 e. The summed E-state index contributed by atoms with van der Waals surface area (Å²) in [6.45, 7) is 2.81. The first kappa shape index (κ1) is 23.3. The van der Waals surface area contributed by atoms with Crippen LogP contribution in [0.4, 0.5) is 24.9 Å². The number of hydrogen-bond acceptors (Lipinski definition) is 6. The van der Waals surface area contributed by atoms with E-state index >= 15 is 0 Å². The summed E-state index contributed by atoms with van der Waals surface area (Å²) in [5.74, 6) is 1.61. The van der Waals surface area contributed by atoms with Crippen molar-refractivity contribution in [3.05, 3.63) is 47.2 Å². The summed E-state index contributed by atoms with van der Waals surface area (Å²) in [6.07, 6.45) is 2.58. The lowest BCUT2D eigenvalue weighted by atomic mass is 9.59. The molecule has 0 saturated heterocycles. The SMILES string of the molecule is CC1(CNc2nc(NCc3ccccc3C(F)(F)F)ncc2C#N)C[C@H]2CCC[C@@H](C1)C2N. The molecular formula is C24H29F3N6. The van der Waals surface area contributed by atoms with Crippen molar-refractivity contribution < 1.29 is 13.2 Å². The Morgan fingerprint density at radius 3 is 2.55 bits per heavy atom. The van der Waals surface area contributed by atoms with Crippen molar-refractivity contribution >= 4 is 11.8 Å². The van der Waals surface area contributed by atoms with E-state index in [1.807, 2.05) is 0 Å². The zero-order valence-electron chi connectivity index (χ0n) is 18.6. The molecule has 33 heavy (non-hydrogen) atoms. The molecule has 0 spiro atoms. The molecule has 1 heterocycles. The quantitative estimate of drug-likeness (QED) is 0.567. The number of rotatable bonds is 6. The highest BCUT2D eigenvalue weighted by atomic mass is 19.4. The number of nitrogens with two attached hydrogens (primary N) is 1. The molecule has 2 aliphatic carbocycles. The molecule has 1 aromatic heterocycles. The number of alkyl halides is 3. The minimum absolute atomic E-state index is 0.0442. The Balaban J connectivity index is 1.45. The molecule has 2 aliphatic rings. The Bertz CT molecular complexity index is 1020. The van der Waals surface area contributed by atoms with Crippen LogP contribution in [0.3, 0.4) is 0 Å². The van der Waals surface area contributed by atoms with Crippen LogP contribution in [0.15, 0.2) is 30.5 Å². The van der Waals surface area contributed by atoms with Gasteiger partial charge in [-0.3, -0.25) is 0 Å². The van der Waals surface area contributed by atoms with E-state index < -0.39 is 11.7 Å². The molecule has 9 heteroatoms. The molecule has 0 radical (unpaired) electrons. The van der Waals surface area contributed by atoms with E-state index in [0.717, 1.165) is 31.7 Å². The molecule has 2 bridgehead atoms. The van der Waals surface area contributed by atoms with Crippen molar-refractivity contribution in [1.29, 1.82) is 5.26 Å². The Labute approximate surface area is 191 Å². The zero-order chi connectivity index (χ0) is 23.6. The molecular weight excluding hydrogens is 429 g/mol. The lowest BCUT2D eigenvalue weighted by molar-refractivity contribution is -0.138. The minimum Gasteiger partial charge on any atom is -0.368 e. The molecule has 2 unspecified atom stereocenters. The second-order valence-corrected chi connectivity index (χ2v) is 9.68. The summed E-state index contributed by atoms with van der Waals surface area (Å²) in [7, 11) is 0. The Hall–Kier alpha value is -2.86. The first-order valence-electron chi connectivity index (χ1n) is 11.3. The standard InChI is InChI=1S/C24H29F3N6/c1-23(9-15-6-4-7-16(10-23)20(15)29)14-32-21-18(11-28)13-31-22(33-21)30-12-17-5-2-3-8-19(17)24(25,26)27/h2-3,5,8,13,15-16,20H,4,6-7,9-10,12,14,29H2,1H3,(H2,30,31,32,33)/t15-,16+,20?,23?. The number of fused-ring (bicyclic) bond motifs is 2. The van der Waals surface area contributed by atoms with Crippen LogP contribution in [0.2, 0.25) is 0 Å². The fourth-order valence-corrected chi connectivity index (χ4v) is 5.49. The van der Waals surface area contributed by atoms with Crippen LogP contribution in [0, 0.1) is 28.6 Å². The van der Waals surface area contributed by atoms with Crippen LogP contribution >= 0.6 is 0 Å². The second kappa shape index (κ2) is 9.18. The summed E-state index contributed by atoms with van der Waals surface area (Å²) in [4.78, 5) is 8.49. The number of hydrogen-bond donors (Lipinski definition) is 3. The minimum atomic E-state index is -4.44. The molecule has 2 aromatic rings. The highest BCUT2D eigenvalue weighted by Crippen LogP contribution is 2.48. The van der Waals surface area contributed by atoms with Gasteiger partial charge in [0, 0.05) is 19.1 Å². The molecule has 0 aliphatic heterocycles. The van der Waals surface area contributed by atoms with E-state index in [1.54, 1.807) is 6.07 Å². The van der Waals surface area contributed by atoms with E-state index in [-0.39, 0.29) is 29.5 Å². The highest BCUT2D eigenvalue weighted by Gasteiger charge is 2.43. The number of aromatic nitrogens is 2. The fraction of sp³-hybridized carbons (Fsp3) is 0.542. The van der Waals surface area contributed by atoms with Gasteiger partial charge in [-0.15, -0.1) is 0 Å². The average molecular weight is 459 g/mol. The Morgan fingerprint density at radius 1 is 1.18 bits per heavy atom. The van der Waals surface area contributed by atoms with Gasteiger partial charge in [-0.1, -0.05) is 31.5 Å². The lowest BCUT2D eigenvalue weighted by Crippen LogP contribution is -2.50. The van der Waals surface area contributed by atoms with Gasteiger partial charge in [0.25, 0.3) is 0 Å². The second-order valence-electron chi connectivity index (χ2n) is 9.68. The van der Waals surface area contributed by atoms with Gasteiger partial charge in [-0.05, 0) is 54.6 Å². The number of nitrogens with zero attached hydrogens (tertiary/aromatic N) is 3. The van der Waals surface area contributed by atoms with Gasteiger partial charge in [0.2, 0.25) is 5.95 Å². The van der Waals surface area contributed by atoms with Gasteiger partial charge in [-0.25, -0.2) is 4.98 Å². The van der Waals surface area contributed by atoms with Crippen molar-refractivity contribution in [2.75, 3.05) is 17.2 Å². The smallest absolute Gasteiger partial charge is 0.368 e. The van der Waals surface area contributed by atoms with Crippen LogP contribution in [-0.2, 0) is 12.7 Å². The van der Waals surface area contributed by atoms with Gasteiger partial charge in [-0.2, -0.15) is 23.4 Å². The molecule has 4 N–H and O–H groups in total. The zero-order valence-corrected chi connectivity index (χ0v) is 18.6. The monoisotopic (exact) mass is 458 g/mol. The van der Waals surface area contributed by atoms with Gasteiger partial charge < -0.3 is 16.4 Å². The third-order valence-corrected chi connectivity index (χ3v) is 7.10. The lowest BCUT2D eigenvalue weighted by Gasteiger charge is -2.49. The van der Waals surface area contributed by atoms with Crippen molar-refractivity contribution in [2.24, 2.45) is 23.0 Å². The number of nitrogens with one attached hydrogen (secondary N) is 2. The molecule has 4 rings (SSSR count). The first-order chi connectivity index (χ1) is 15.7. The third-order valence-electron chi connectivity index (χ3n) is 7.10. The first-order valence-corrected chi connectivity index (χ1v) is 11.3. The predicted molar refractivity (Wildman–Crippen MR) is 120 cm³/mol. The van der Waals surface area contributed by atoms with Crippen molar-refractivity contribution in [3.8, 4) is 6.07 Å². The van der Waals surface area contributed by atoms with Crippen LogP contribution in [0.5, 0.6) is 0 Å². The van der Waals surface area contributed by atoms with Crippen molar-refractivity contribution in [3.63, 3.8) is 0 Å². The van der Waals surface area contributed by atoms with Gasteiger partial charge in [0.05, 0.1) is 11.8 Å². The van der Waals surface area contributed by atoms with Crippen LogP contribution < -0.4 is 16.4 Å². The molecule has 176 valence electrons. The number of halogens is 3. The summed E-state index contributed by atoms with van der Waals surface area (Å²) < 4.78 is 39.7. The molecule has 2 fully saturated rings. The molecule has 4 atom stereocenters. The Morgan fingerprint density at radius 2 is 1.88 bits per heavy atom. The van der Waals surface area contributed by atoms with E-state index in [1.165, 1.54) is 24.8 Å². The maximum atomic E-state index is 13.2. The van der Waals surface area contributed by atoms with Gasteiger partial charge in [0.1, 0.15) is 17.5 Å². The van der Waals surface area contributed by atoms with E-state index in [2.05, 4.69) is 33.6 Å². The number of benzene rings is 1. The molecule has 1 aromatic carbocycles. The van der Waals surface area contributed by atoms with Crippen molar-refractivity contribution in [2.45, 2.75) is 57.8 Å². The summed E-state index contributed by atoms with van der Waals surface area (Å²) >= 11 is 0. The highest BCUT2D eigenvalue weighted by molar-refractivity contribution is 5.53. The summed E-state index contributed by atoms with van der Waals surface area (Å²) in [5.41, 5.74) is 6.18. The summed E-state index contributed by atoms with van der Waals surface area (Å²) in [6, 6.07) is 7.76. The van der Waals surface area contributed by atoms with Crippen LogP contribution in [0.1, 0.15) is 55.7 Å². The normalized spacial score (nSPS) is 27.0. The third kappa shape index (κ3) is 5.22. The predicted octanol–water partition coefficient (Wildman–Crippen LogP) is 4.93. The topological polar surface area (TPSA) is 99.6 Å². The molecule has 0 amide bonds. The average Bonchev–Trinajstić information content (AvgIpc) is 2.77. The van der Waals surface area contributed by atoms with Crippen LogP contribution in [0.25, 0.3) is 0 Å². The van der Waals surface area contributed by atoms with Crippen molar-refractivity contribution in [1.82, 2.24) is 9.97 Å². The molecule has 2 saturated carbocycles. The fourth-order valence-electron chi connectivity index (χ4n) is 5.49. The van der Waals surface area contributed by atoms with E-state index in [4.69, 9.17) is 5.73 Å². The van der Waals surface area contributed by atoms with Gasteiger partial charge in [0.15, 0.2) is 0 Å².